The minimum Gasteiger partial charge on any atom is -0.352 e. The van der Waals surface area contributed by atoms with Crippen LogP contribution in [0.15, 0.2) is 46.2 Å². The van der Waals surface area contributed by atoms with Crippen LogP contribution in [0.3, 0.4) is 0 Å². The Labute approximate surface area is 156 Å². The number of imidazole rings is 1. The molecule has 0 amide bonds. The summed E-state index contributed by atoms with van der Waals surface area (Å²) in [5.41, 5.74) is 2.25. The van der Waals surface area contributed by atoms with Crippen molar-refractivity contribution in [1.29, 1.82) is 0 Å². The Morgan fingerprint density at radius 1 is 0.963 bits per heavy atom. The molecule has 0 spiro atoms. The summed E-state index contributed by atoms with van der Waals surface area (Å²) in [5.74, 6) is 1.34. The zero-order chi connectivity index (χ0) is 18.6. The third kappa shape index (κ3) is 2.47. The van der Waals surface area contributed by atoms with Crippen LogP contribution in [0.5, 0.6) is 0 Å². The Morgan fingerprint density at radius 3 is 2.52 bits per heavy atom. The van der Waals surface area contributed by atoms with E-state index in [1.54, 1.807) is 24.8 Å². The van der Waals surface area contributed by atoms with E-state index in [-0.39, 0.29) is 4.90 Å². The normalized spacial score (nSPS) is 18.6. The molecular weight excluding hydrogens is 366 g/mol. The summed E-state index contributed by atoms with van der Waals surface area (Å²) in [7, 11) is -1.69. The molecule has 0 saturated carbocycles. The van der Waals surface area contributed by atoms with Crippen LogP contribution in [-0.2, 0) is 17.1 Å². The summed E-state index contributed by atoms with van der Waals surface area (Å²) in [6.07, 6.45) is 3.28. The van der Waals surface area contributed by atoms with Gasteiger partial charge in [0.1, 0.15) is 11.2 Å². The molecule has 5 rings (SSSR count). The summed E-state index contributed by atoms with van der Waals surface area (Å²) < 4.78 is 30.5. The number of hydrogen-bond donors (Lipinski definition) is 0. The van der Waals surface area contributed by atoms with Crippen LogP contribution in [0, 0.1) is 0 Å². The number of aromatic nitrogens is 4. The van der Waals surface area contributed by atoms with Crippen LogP contribution in [0.4, 0.5) is 5.82 Å². The highest BCUT2D eigenvalue weighted by atomic mass is 32.2. The third-order valence-electron chi connectivity index (χ3n) is 4.97. The molecule has 1 saturated heterocycles. The van der Waals surface area contributed by atoms with E-state index in [4.69, 9.17) is 0 Å². The Kier molecular flexibility index (Phi) is 3.44. The van der Waals surface area contributed by atoms with Crippen LogP contribution < -0.4 is 4.90 Å². The van der Waals surface area contributed by atoms with Crippen molar-refractivity contribution in [3.63, 3.8) is 0 Å². The first-order valence-electron chi connectivity index (χ1n) is 8.61. The summed E-state index contributed by atoms with van der Waals surface area (Å²) in [5, 5.41) is 0. The first kappa shape index (κ1) is 16.2. The van der Waals surface area contributed by atoms with Crippen molar-refractivity contribution in [3.05, 3.63) is 42.5 Å². The van der Waals surface area contributed by atoms with Gasteiger partial charge in [-0.2, -0.15) is 8.42 Å². The standard InChI is InChI=1S/C17H17N7O2S/c1-22-11-20-14-16(22)18-10-19-17(14)24-8-6-23(7-9-24)15-12-4-2-3-5-13(12)27(25,26)21-15/h2-5,10-11H,6-9H2,1H3. The van der Waals surface area contributed by atoms with Crippen LogP contribution in [0.2, 0.25) is 0 Å². The second-order valence-electron chi connectivity index (χ2n) is 6.59. The zero-order valence-corrected chi connectivity index (χ0v) is 15.5. The van der Waals surface area contributed by atoms with Crippen molar-refractivity contribution in [3.8, 4) is 0 Å². The lowest BCUT2D eigenvalue weighted by molar-refractivity contribution is 0.386. The molecule has 0 bridgehead atoms. The van der Waals surface area contributed by atoms with Gasteiger partial charge in [-0.3, -0.25) is 0 Å². The molecule has 4 heterocycles. The number of nitrogens with zero attached hydrogens (tertiary/aromatic N) is 7. The SMILES string of the molecule is Cn1cnc2c(N3CCN(C4=NS(=O)(=O)c5ccccc54)CC3)ncnc21. The van der Waals surface area contributed by atoms with Gasteiger partial charge in [0.25, 0.3) is 10.0 Å². The smallest absolute Gasteiger partial charge is 0.285 e. The molecule has 10 heteroatoms. The van der Waals surface area contributed by atoms with Gasteiger partial charge in [0, 0.05) is 38.8 Å². The number of fused-ring (bicyclic) bond motifs is 2. The molecular formula is C17H17N7O2S. The van der Waals surface area contributed by atoms with Crippen molar-refractivity contribution in [1.82, 2.24) is 24.4 Å². The predicted octanol–water partition coefficient (Wildman–Crippen LogP) is 0.634. The van der Waals surface area contributed by atoms with E-state index in [1.807, 2.05) is 28.6 Å². The number of anilines is 1. The minimum absolute atomic E-state index is 0.286. The molecule has 0 unspecified atom stereocenters. The van der Waals surface area contributed by atoms with Gasteiger partial charge >= 0.3 is 0 Å². The summed E-state index contributed by atoms with van der Waals surface area (Å²) in [4.78, 5) is 17.6. The number of amidine groups is 1. The fourth-order valence-electron chi connectivity index (χ4n) is 3.61. The number of hydrogen-bond acceptors (Lipinski definition) is 7. The average molecular weight is 383 g/mol. The molecule has 0 atom stereocenters. The van der Waals surface area contributed by atoms with E-state index in [0.29, 0.717) is 37.6 Å². The fraction of sp³-hybridized carbons (Fsp3) is 0.294. The van der Waals surface area contributed by atoms with Crippen molar-refractivity contribution >= 4 is 32.8 Å². The van der Waals surface area contributed by atoms with E-state index >= 15 is 0 Å². The molecule has 2 aliphatic heterocycles. The third-order valence-corrected chi connectivity index (χ3v) is 6.29. The largest absolute Gasteiger partial charge is 0.352 e. The maximum absolute atomic E-state index is 12.3. The second kappa shape index (κ2) is 5.74. The number of piperazine rings is 1. The molecule has 2 aliphatic rings. The van der Waals surface area contributed by atoms with Gasteiger partial charge in [-0.05, 0) is 12.1 Å². The van der Waals surface area contributed by atoms with Gasteiger partial charge in [-0.25, -0.2) is 15.0 Å². The monoisotopic (exact) mass is 383 g/mol. The van der Waals surface area contributed by atoms with E-state index in [1.165, 1.54) is 0 Å². The van der Waals surface area contributed by atoms with Gasteiger partial charge in [-0.1, -0.05) is 12.1 Å². The van der Waals surface area contributed by atoms with E-state index in [2.05, 4.69) is 24.2 Å². The van der Waals surface area contributed by atoms with E-state index < -0.39 is 10.0 Å². The molecule has 27 heavy (non-hydrogen) atoms. The molecule has 9 nitrogen and oxygen atoms in total. The van der Waals surface area contributed by atoms with Gasteiger partial charge in [0.05, 0.1) is 6.33 Å². The molecule has 0 radical (unpaired) electrons. The molecule has 138 valence electrons. The van der Waals surface area contributed by atoms with Crippen molar-refractivity contribution in [2.24, 2.45) is 11.4 Å². The zero-order valence-electron chi connectivity index (χ0n) is 14.6. The lowest BCUT2D eigenvalue weighted by Gasteiger charge is -2.36. The Morgan fingerprint density at radius 2 is 1.70 bits per heavy atom. The average Bonchev–Trinajstić information content (AvgIpc) is 3.20. The molecule has 0 aliphatic carbocycles. The first-order valence-corrected chi connectivity index (χ1v) is 10.0. The second-order valence-corrected chi connectivity index (χ2v) is 8.16. The number of aryl methyl sites for hydroxylation is 1. The van der Waals surface area contributed by atoms with Gasteiger partial charge < -0.3 is 14.4 Å². The van der Waals surface area contributed by atoms with Crippen LogP contribution in [0.25, 0.3) is 11.2 Å². The highest BCUT2D eigenvalue weighted by molar-refractivity contribution is 7.90. The van der Waals surface area contributed by atoms with Crippen LogP contribution >= 0.6 is 0 Å². The maximum atomic E-state index is 12.3. The van der Waals surface area contributed by atoms with Gasteiger partial charge in [0.15, 0.2) is 22.8 Å². The number of rotatable bonds is 1. The summed E-state index contributed by atoms with van der Waals surface area (Å²) in [6.45, 7) is 2.70. The van der Waals surface area contributed by atoms with Crippen molar-refractivity contribution in [2.45, 2.75) is 4.90 Å². The molecule has 2 aromatic heterocycles. The lowest BCUT2D eigenvalue weighted by Crippen LogP contribution is -2.49. The number of benzene rings is 1. The summed E-state index contributed by atoms with van der Waals surface area (Å²) in [6, 6.07) is 6.98. The highest BCUT2D eigenvalue weighted by Crippen LogP contribution is 2.29. The maximum Gasteiger partial charge on any atom is 0.285 e. The molecule has 1 aromatic carbocycles. The summed E-state index contributed by atoms with van der Waals surface area (Å²) >= 11 is 0. The number of sulfonamides is 1. The van der Waals surface area contributed by atoms with E-state index in [9.17, 15) is 8.42 Å². The van der Waals surface area contributed by atoms with Crippen molar-refractivity contribution in [2.75, 3.05) is 31.1 Å². The van der Waals surface area contributed by atoms with Crippen LogP contribution in [-0.4, -0.2) is 64.9 Å². The molecule has 0 N–H and O–H groups in total. The minimum atomic E-state index is -3.60. The van der Waals surface area contributed by atoms with E-state index in [0.717, 1.165) is 17.0 Å². The highest BCUT2D eigenvalue weighted by Gasteiger charge is 2.33. The quantitative estimate of drug-likeness (QED) is 0.608. The fourth-order valence-corrected chi connectivity index (χ4v) is 4.84. The Balaban J connectivity index is 1.41. The van der Waals surface area contributed by atoms with Gasteiger partial charge in [0.2, 0.25) is 0 Å². The first-order chi connectivity index (χ1) is 13.0. The Bertz CT molecular complexity index is 1180. The molecule has 1 fully saturated rings. The van der Waals surface area contributed by atoms with Gasteiger partial charge in [-0.15, -0.1) is 4.40 Å². The predicted molar refractivity (Wildman–Crippen MR) is 100 cm³/mol. The molecule has 3 aromatic rings. The topological polar surface area (TPSA) is 96.6 Å². The van der Waals surface area contributed by atoms with Crippen LogP contribution in [0.1, 0.15) is 5.56 Å². The van der Waals surface area contributed by atoms with Crippen molar-refractivity contribution < 1.29 is 8.42 Å². The Hall–Kier alpha value is -3.01. The lowest BCUT2D eigenvalue weighted by atomic mass is 10.1.